The third-order valence-corrected chi connectivity index (χ3v) is 3.60. The van der Waals surface area contributed by atoms with Crippen molar-refractivity contribution in [3.63, 3.8) is 0 Å². The van der Waals surface area contributed by atoms with Gasteiger partial charge in [0, 0.05) is 0 Å². The molecular weight excluding hydrogens is 218 g/mol. The first-order chi connectivity index (χ1) is 8.20. The number of aliphatic hydroxyl groups is 1. The Balaban J connectivity index is 2.06. The Morgan fingerprint density at radius 2 is 1.94 bits per heavy atom. The lowest BCUT2D eigenvalue weighted by molar-refractivity contribution is -0.115. The molecule has 1 heterocycles. The number of carbonyl (C=O) groups is 2. The molecule has 4 heteroatoms. The fourth-order valence-corrected chi connectivity index (χ4v) is 2.76. The van der Waals surface area contributed by atoms with Crippen molar-refractivity contribution in [2.75, 3.05) is 4.90 Å². The van der Waals surface area contributed by atoms with Crippen molar-refractivity contribution in [1.82, 2.24) is 0 Å². The van der Waals surface area contributed by atoms with E-state index in [4.69, 9.17) is 0 Å². The van der Waals surface area contributed by atoms with Crippen LogP contribution in [0.4, 0.5) is 5.69 Å². The summed E-state index contributed by atoms with van der Waals surface area (Å²) in [6, 6.07) is 6.74. The number of nitrogens with zero attached hydrogens (tertiary/aromatic N) is 1. The summed E-state index contributed by atoms with van der Waals surface area (Å²) in [7, 11) is 0. The van der Waals surface area contributed by atoms with Crippen molar-refractivity contribution in [1.29, 1.82) is 0 Å². The molecule has 0 spiro atoms. The highest BCUT2D eigenvalue weighted by atomic mass is 16.3. The van der Waals surface area contributed by atoms with Gasteiger partial charge in [0.2, 0.25) is 0 Å². The fourth-order valence-electron chi connectivity index (χ4n) is 2.76. The smallest absolute Gasteiger partial charge is 0.299 e. The van der Waals surface area contributed by atoms with Crippen LogP contribution in [0.3, 0.4) is 0 Å². The highest BCUT2D eigenvalue weighted by molar-refractivity contribution is 6.52. The Hall–Kier alpha value is -1.68. The maximum absolute atomic E-state index is 12.0. The Labute approximate surface area is 98.9 Å². The number of aliphatic hydroxyl groups excluding tert-OH is 1. The predicted molar refractivity (Wildman–Crippen MR) is 61.9 cm³/mol. The van der Waals surface area contributed by atoms with Crippen LogP contribution >= 0.6 is 0 Å². The molecule has 3 rings (SSSR count). The molecule has 1 aliphatic carbocycles. The molecular formula is C13H13NO3. The van der Waals surface area contributed by atoms with Crippen LogP contribution in [0, 0.1) is 0 Å². The van der Waals surface area contributed by atoms with Gasteiger partial charge in [0.1, 0.15) is 0 Å². The SMILES string of the molecule is O=C1C(=O)N([C@H]2CCC[C@@H]2O)c2ccccc21. The van der Waals surface area contributed by atoms with E-state index in [1.54, 1.807) is 24.3 Å². The van der Waals surface area contributed by atoms with Gasteiger partial charge in [0.05, 0.1) is 23.4 Å². The van der Waals surface area contributed by atoms with Gasteiger partial charge in [-0.25, -0.2) is 0 Å². The molecule has 1 aliphatic heterocycles. The van der Waals surface area contributed by atoms with Crippen LogP contribution in [0.2, 0.25) is 0 Å². The number of hydrogen-bond acceptors (Lipinski definition) is 3. The van der Waals surface area contributed by atoms with Gasteiger partial charge in [0.15, 0.2) is 0 Å². The lowest BCUT2D eigenvalue weighted by atomic mass is 10.1. The average Bonchev–Trinajstić information content (AvgIpc) is 2.84. The standard InChI is InChI=1S/C13H13NO3/c15-11-7-3-6-10(11)14-9-5-2-1-4-8(9)12(16)13(14)17/h1-2,4-5,10-11,15H,3,6-7H2/t10-,11-/m0/s1. The van der Waals surface area contributed by atoms with E-state index < -0.39 is 17.8 Å². The van der Waals surface area contributed by atoms with E-state index in [0.29, 0.717) is 17.7 Å². The van der Waals surface area contributed by atoms with Crippen LogP contribution in [-0.2, 0) is 4.79 Å². The quantitative estimate of drug-likeness (QED) is 0.737. The van der Waals surface area contributed by atoms with Gasteiger partial charge in [0.25, 0.3) is 11.7 Å². The normalized spacial score (nSPS) is 27.7. The summed E-state index contributed by atoms with van der Waals surface area (Å²) in [6.45, 7) is 0. The van der Waals surface area contributed by atoms with Crippen molar-refractivity contribution in [3.05, 3.63) is 29.8 Å². The first kappa shape index (κ1) is 10.5. The molecule has 2 atom stereocenters. The number of amides is 1. The highest BCUT2D eigenvalue weighted by Crippen LogP contribution is 2.35. The number of anilines is 1. The van der Waals surface area contributed by atoms with Crippen molar-refractivity contribution in [2.24, 2.45) is 0 Å². The molecule has 4 nitrogen and oxygen atoms in total. The number of fused-ring (bicyclic) bond motifs is 1. The van der Waals surface area contributed by atoms with Crippen molar-refractivity contribution in [3.8, 4) is 0 Å². The zero-order valence-corrected chi connectivity index (χ0v) is 9.30. The minimum Gasteiger partial charge on any atom is -0.391 e. The molecule has 2 aliphatic rings. The largest absolute Gasteiger partial charge is 0.391 e. The van der Waals surface area contributed by atoms with Crippen molar-refractivity contribution >= 4 is 17.4 Å². The number of para-hydroxylation sites is 1. The number of hydrogen-bond donors (Lipinski definition) is 1. The Morgan fingerprint density at radius 3 is 2.65 bits per heavy atom. The second kappa shape index (κ2) is 3.67. The Kier molecular flexibility index (Phi) is 2.26. The number of ketones is 1. The molecule has 1 aromatic rings. The van der Waals surface area contributed by atoms with Crippen molar-refractivity contribution in [2.45, 2.75) is 31.4 Å². The molecule has 1 fully saturated rings. The van der Waals surface area contributed by atoms with Gasteiger partial charge in [-0.3, -0.25) is 14.5 Å². The maximum Gasteiger partial charge on any atom is 0.299 e. The third-order valence-electron chi connectivity index (χ3n) is 3.60. The molecule has 1 amide bonds. The number of benzene rings is 1. The molecule has 0 radical (unpaired) electrons. The van der Waals surface area contributed by atoms with Gasteiger partial charge in [-0.2, -0.15) is 0 Å². The minimum absolute atomic E-state index is 0.241. The summed E-state index contributed by atoms with van der Waals surface area (Å²) in [4.78, 5) is 25.2. The van der Waals surface area contributed by atoms with E-state index in [9.17, 15) is 14.7 Å². The molecule has 0 aromatic heterocycles. The summed E-state index contributed by atoms with van der Waals surface area (Å²) < 4.78 is 0. The summed E-state index contributed by atoms with van der Waals surface area (Å²) in [5.74, 6) is -0.961. The molecule has 0 bridgehead atoms. The highest BCUT2D eigenvalue weighted by Gasteiger charge is 2.43. The molecule has 0 saturated heterocycles. The summed E-state index contributed by atoms with van der Waals surface area (Å²) in [6.07, 6.45) is 1.84. The number of carbonyl (C=O) groups excluding carboxylic acids is 2. The van der Waals surface area contributed by atoms with E-state index in [2.05, 4.69) is 0 Å². The van der Waals surface area contributed by atoms with Gasteiger partial charge < -0.3 is 5.11 Å². The third kappa shape index (κ3) is 1.41. The molecule has 1 aromatic carbocycles. The molecule has 88 valence electrons. The van der Waals surface area contributed by atoms with Crippen LogP contribution in [0.25, 0.3) is 0 Å². The topological polar surface area (TPSA) is 57.6 Å². The van der Waals surface area contributed by atoms with Gasteiger partial charge in [-0.05, 0) is 31.4 Å². The van der Waals surface area contributed by atoms with E-state index >= 15 is 0 Å². The Bertz CT molecular complexity index is 497. The molecule has 1 N–H and O–H groups in total. The van der Waals surface area contributed by atoms with Gasteiger partial charge in [-0.15, -0.1) is 0 Å². The van der Waals surface area contributed by atoms with E-state index in [-0.39, 0.29) is 6.04 Å². The number of rotatable bonds is 1. The molecule has 1 saturated carbocycles. The summed E-state index contributed by atoms with van der Waals surface area (Å²) >= 11 is 0. The van der Waals surface area contributed by atoms with Crippen LogP contribution in [0.5, 0.6) is 0 Å². The van der Waals surface area contributed by atoms with Gasteiger partial charge >= 0.3 is 0 Å². The summed E-state index contributed by atoms with van der Waals surface area (Å²) in [5.41, 5.74) is 1.10. The van der Waals surface area contributed by atoms with Crippen LogP contribution in [0.1, 0.15) is 29.6 Å². The van der Waals surface area contributed by atoms with Crippen molar-refractivity contribution < 1.29 is 14.7 Å². The van der Waals surface area contributed by atoms with Crippen LogP contribution < -0.4 is 4.90 Å². The van der Waals surface area contributed by atoms with Gasteiger partial charge in [-0.1, -0.05) is 12.1 Å². The first-order valence-corrected chi connectivity index (χ1v) is 5.85. The minimum atomic E-state index is -0.516. The summed E-state index contributed by atoms with van der Waals surface area (Å²) in [5, 5.41) is 9.87. The van der Waals surface area contributed by atoms with Crippen LogP contribution in [0.15, 0.2) is 24.3 Å². The lowest BCUT2D eigenvalue weighted by Crippen LogP contribution is -2.43. The zero-order chi connectivity index (χ0) is 12.0. The second-order valence-electron chi connectivity index (χ2n) is 4.59. The number of Topliss-reactive ketones (excluding diaryl/α,β-unsaturated/α-hetero) is 1. The average molecular weight is 231 g/mol. The van der Waals surface area contributed by atoms with E-state index in [0.717, 1.165) is 12.8 Å². The lowest BCUT2D eigenvalue weighted by Gasteiger charge is -2.26. The van der Waals surface area contributed by atoms with E-state index in [1.165, 1.54) is 4.90 Å². The fraction of sp³-hybridized carbons (Fsp3) is 0.385. The predicted octanol–water partition coefficient (Wildman–Crippen LogP) is 1.13. The second-order valence-corrected chi connectivity index (χ2v) is 4.59. The zero-order valence-electron chi connectivity index (χ0n) is 9.30. The molecule has 17 heavy (non-hydrogen) atoms. The first-order valence-electron chi connectivity index (χ1n) is 5.85. The van der Waals surface area contributed by atoms with E-state index in [1.807, 2.05) is 0 Å². The Morgan fingerprint density at radius 1 is 1.18 bits per heavy atom. The van der Waals surface area contributed by atoms with Crippen LogP contribution in [-0.4, -0.2) is 28.9 Å². The monoisotopic (exact) mass is 231 g/mol. The molecule has 0 unspecified atom stereocenters. The maximum atomic E-state index is 12.0.